The predicted octanol–water partition coefficient (Wildman–Crippen LogP) is 6.96. The Hall–Kier alpha value is -0.380. The molecule has 162 valence electrons. The third-order valence-electron chi connectivity index (χ3n) is 7.58. The van der Waals surface area contributed by atoms with Crippen molar-refractivity contribution in [2.75, 3.05) is 7.11 Å². The molecule has 0 radical (unpaired) electrons. The summed E-state index contributed by atoms with van der Waals surface area (Å²) in [5, 5.41) is 2.19. The zero-order valence-electron chi connectivity index (χ0n) is 19.4. The number of nitrogens with zero attached hydrogens (tertiary/aromatic N) is 1. The van der Waals surface area contributed by atoms with E-state index in [1.165, 1.54) is 76.2 Å². The maximum atomic E-state index is 7.22. The van der Waals surface area contributed by atoms with Crippen molar-refractivity contribution in [2.45, 2.75) is 140 Å². The molecule has 3 aliphatic rings. The molecule has 0 amide bonds. The molecule has 3 nitrogen and oxygen atoms in total. The summed E-state index contributed by atoms with van der Waals surface area (Å²) in [4.78, 5) is 5.84. The third-order valence-corrected chi connectivity index (χ3v) is 7.58. The Morgan fingerprint density at radius 2 is 1.21 bits per heavy atom. The first-order valence-corrected chi connectivity index (χ1v) is 11.9. The first-order valence-electron chi connectivity index (χ1n) is 11.9. The van der Waals surface area contributed by atoms with Crippen LogP contribution in [0.5, 0.6) is 0 Å². The third kappa shape index (κ3) is 4.52. The van der Waals surface area contributed by atoms with Crippen LogP contribution in [0.15, 0.2) is 12.2 Å². The molecule has 2 heterocycles. The zero-order valence-corrected chi connectivity index (χ0v) is 19.4. The lowest BCUT2D eigenvalue weighted by atomic mass is 9.69. The van der Waals surface area contributed by atoms with Gasteiger partial charge in [0, 0.05) is 23.9 Å². The van der Waals surface area contributed by atoms with Gasteiger partial charge in [-0.25, -0.2) is 0 Å². The SMILES string of the molecule is C=C1CC2(CCCCCCCCCCC2)OC12CC(C)(C)N(OC)C(C)(C)C2. The van der Waals surface area contributed by atoms with E-state index in [4.69, 9.17) is 9.57 Å². The maximum absolute atomic E-state index is 7.22. The summed E-state index contributed by atoms with van der Waals surface area (Å²) < 4.78 is 7.22. The Kier molecular flexibility index (Phi) is 6.69. The molecule has 28 heavy (non-hydrogen) atoms. The van der Waals surface area contributed by atoms with Gasteiger partial charge in [0.15, 0.2) is 0 Å². The summed E-state index contributed by atoms with van der Waals surface area (Å²) in [6.45, 7) is 13.8. The Labute approximate surface area is 174 Å². The number of hydrogen-bond donors (Lipinski definition) is 0. The molecule has 0 bridgehead atoms. The second-order valence-corrected chi connectivity index (χ2v) is 11.2. The van der Waals surface area contributed by atoms with Gasteiger partial charge in [-0.3, -0.25) is 0 Å². The van der Waals surface area contributed by atoms with Gasteiger partial charge in [-0.2, -0.15) is 5.06 Å². The zero-order chi connectivity index (χ0) is 20.5. The first-order chi connectivity index (χ1) is 13.1. The van der Waals surface area contributed by atoms with Gasteiger partial charge in [0.25, 0.3) is 0 Å². The van der Waals surface area contributed by atoms with Crippen LogP contribution in [0, 0.1) is 0 Å². The molecule has 0 aromatic carbocycles. The maximum Gasteiger partial charge on any atom is 0.0934 e. The van der Waals surface area contributed by atoms with E-state index in [-0.39, 0.29) is 22.3 Å². The Morgan fingerprint density at radius 1 is 0.786 bits per heavy atom. The lowest BCUT2D eigenvalue weighted by Crippen LogP contribution is -2.65. The highest BCUT2D eigenvalue weighted by Gasteiger charge is 2.60. The van der Waals surface area contributed by atoms with Gasteiger partial charge in [0.2, 0.25) is 0 Å². The van der Waals surface area contributed by atoms with E-state index < -0.39 is 0 Å². The highest BCUT2D eigenvalue weighted by Crippen LogP contribution is 2.57. The van der Waals surface area contributed by atoms with Crippen molar-refractivity contribution in [2.24, 2.45) is 0 Å². The van der Waals surface area contributed by atoms with Crippen molar-refractivity contribution >= 4 is 0 Å². The minimum Gasteiger partial charge on any atom is -0.364 e. The second-order valence-electron chi connectivity index (χ2n) is 11.2. The number of hydrogen-bond acceptors (Lipinski definition) is 3. The molecule has 2 aliphatic heterocycles. The van der Waals surface area contributed by atoms with Crippen LogP contribution in [0.4, 0.5) is 0 Å². The van der Waals surface area contributed by atoms with Gasteiger partial charge < -0.3 is 9.57 Å². The molecule has 1 aliphatic carbocycles. The smallest absolute Gasteiger partial charge is 0.0934 e. The minimum absolute atomic E-state index is 0.0255. The summed E-state index contributed by atoms with van der Waals surface area (Å²) >= 11 is 0. The normalized spacial score (nSPS) is 30.8. The van der Waals surface area contributed by atoms with Crippen molar-refractivity contribution < 1.29 is 9.57 Å². The van der Waals surface area contributed by atoms with Gasteiger partial charge in [-0.15, -0.1) is 0 Å². The Morgan fingerprint density at radius 3 is 1.64 bits per heavy atom. The van der Waals surface area contributed by atoms with E-state index in [2.05, 4.69) is 39.3 Å². The number of ether oxygens (including phenoxy) is 1. The van der Waals surface area contributed by atoms with Crippen LogP contribution in [0.2, 0.25) is 0 Å². The monoisotopic (exact) mass is 391 g/mol. The van der Waals surface area contributed by atoms with Crippen LogP contribution >= 0.6 is 0 Å². The fourth-order valence-corrected chi connectivity index (χ4v) is 6.85. The molecule has 0 unspecified atom stereocenters. The highest BCUT2D eigenvalue weighted by molar-refractivity contribution is 5.27. The van der Waals surface area contributed by atoms with E-state index >= 15 is 0 Å². The van der Waals surface area contributed by atoms with Crippen molar-refractivity contribution in [3.8, 4) is 0 Å². The largest absolute Gasteiger partial charge is 0.364 e. The molecule has 1 saturated carbocycles. The number of piperidine rings is 1. The summed E-state index contributed by atoms with van der Waals surface area (Å²) in [6.07, 6.45) is 17.8. The Balaban J connectivity index is 1.81. The molecule has 3 rings (SSSR count). The molecular formula is C25H45NO2. The topological polar surface area (TPSA) is 21.7 Å². The summed E-state index contributed by atoms with van der Waals surface area (Å²) in [5.41, 5.74) is 1.03. The van der Waals surface area contributed by atoms with Gasteiger partial charge in [0.05, 0.1) is 18.3 Å². The van der Waals surface area contributed by atoms with Crippen LogP contribution < -0.4 is 0 Å². The molecule has 0 N–H and O–H groups in total. The minimum atomic E-state index is -0.195. The first kappa shape index (κ1) is 22.3. The van der Waals surface area contributed by atoms with E-state index in [9.17, 15) is 0 Å². The molecular weight excluding hydrogens is 346 g/mol. The van der Waals surface area contributed by atoms with Gasteiger partial charge >= 0.3 is 0 Å². The van der Waals surface area contributed by atoms with Crippen LogP contribution in [0.1, 0.15) is 118 Å². The van der Waals surface area contributed by atoms with Gasteiger partial charge in [-0.05, 0) is 52.5 Å². The summed E-state index contributed by atoms with van der Waals surface area (Å²) in [5.74, 6) is 0. The van der Waals surface area contributed by atoms with Crippen molar-refractivity contribution in [1.29, 1.82) is 0 Å². The van der Waals surface area contributed by atoms with Crippen molar-refractivity contribution in [1.82, 2.24) is 5.06 Å². The van der Waals surface area contributed by atoms with E-state index in [1.54, 1.807) is 7.11 Å². The highest BCUT2D eigenvalue weighted by atomic mass is 16.7. The average Bonchev–Trinajstić information content (AvgIpc) is 2.80. The fourth-order valence-electron chi connectivity index (χ4n) is 6.85. The Bertz CT molecular complexity index is 521. The molecule has 3 fully saturated rings. The van der Waals surface area contributed by atoms with E-state index in [0.717, 1.165) is 19.3 Å². The average molecular weight is 392 g/mol. The van der Waals surface area contributed by atoms with E-state index in [1.807, 2.05) is 0 Å². The van der Waals surface area contributed by atoms with Crippen molar-refractivity contribution in [3.63, 3.8) is 0 Å². The quantitative estimate of drug-likeness (QED) is 0.451. The molecule has 0 atom stereocenters. The molecule has 0 aromatic rings. The van der Waals surface area contributed by atoms with Crippen LogP contribution in [-0.2, 0) is 9.57 Å². The molecule has 3 heteroatoms. The lowest BCUT2D eigenvalue weighted by Gasteiger charge is -2.57. The number of rotatable bonds is 1. The van der Waals surface area contributed by atoms with Gasteiger partial charge in [-0.1, -0.05) is 64.4 Å². The van der Waals surface area contributed by atoms with Gasteiger partial charge in [0.1, 0.15) is 0 Å². The van der Waals surface area contributed by atoms with E-state index in [0.29, 0.717) is 0 Å². The summed E-state index contributed by atoms with van der Waals surface area (Å²) in [7, 11) is 1.81. The molecule has 2 spiro atoms. The number of hydroxylamine groups is 2. The molecule has 0 aromatic heterocycles. The fraction of sp³-hybridized carbons (Fsp3) is 0.920. The lowest BCUT2D eigenvalue weighted by molar-refractivity contribution is -0.296. The second kappa shape index (κ2) is 8.40. The predicted molar refractivity (Wildman–Crippen MR) is 117 cm³/mol. The summed E-state index contributed by atoms with van der Waals surface area (Å²) in [6, 6.07) is 0. The van der Waals surface area contributed by atoms with Crippen LogP contribution in [0.25, 0.3) is 0 Å². The van der Waals surface area contributed by atoms with Crippen molar-refractivity contribution in [3.05, 3.63) is 12.2 Å². The standard InChI is InChI=1S/C25H45NO2/c1-21-18-24(16-14-12-10-8-7-9-11-13-15-17-24)28-25(21)19-22(2,3)26(27-6)23(4,5)20-25/h1,7-20H2,2-6H3. The van der Waals surface area contributed by atoms with Crippen LogP contribution in [-0.4, -0.2) is 34.5 Å². The van der Waals surface area contributed by atoms with Crippen LogP contribution in [0.3, 0.4) is 0 Å². The molecule has 2 saturated heterocycles.